The molecule has 3 nitrogen and oxygen atoms in total. The van der Waals surface area contributed by atoms with Crippen LogP contribution in [0.2, 0.25) is 0 Å². The minimum absolute atomic E-state index is 0.373. The fraction of sp³-hybridized carbons (Fsp3) is 0. The summed E-state index contributed by atoms with van der Waals surface area (Å²) < 4.78 is 0. The number of carbonyl (C=O) groups is 1. The first kappa shape index (κ1) is 12.1. The van der Waals surface area contributed by atoms with E-state index in [1.54, 1.807) is 6.20 Å². The quantitative estimate of drug-likeness (QED) is 0.660. The molecule has 3 aromatic rings. The maximum Gasteiger partial charge on any atom is 0.152 e. The van der Waals surface area contributed by atoms with Crippen molar-refractivity contribution in [2.24, 2.45) is 0 Å². The molecule has 1 aromatic heterocycles. The summed E-state index contributed by atoms with van der Waals surface area (Å²) in [5.41, 5.74) is 2.18. The van der Waals surface area contributed by atoms with Gasteiger partial charge in [0.05, 0.1) is 11.3 Å². The summed E-state index contributed by atoms with van der Waals surface area (Å²) in [4.78, 5) is 15.7. The number of fused-ring (bicyclic) bond motifs is 1. The zero-order chi connectivity index (χ0) is 13.9. The molecule has 0 atom stereocenters. The van der Waals surface area contributed by atoms with E-state index < -0.39 is 0 Å². The molecule has 2 aromatic carbocycles. The van der Waals surface area contributed by atoms with E-state index in [4.69, 9.17) is 0 Å². The number of nitriles is 1. The van der Waals surface area contributed by atoms with Crippen LogP contribution >= 0.6 is 0 Å². The van der Waals surface area contributed by atoms with Crippen molar-refractivity contribution in [2.45, 2.75) is 0 Å². The van der Waals surface area contributed by atoms with Gasteiger partial charge in [-0.05, 0) is 29.0 Å². The highest BCUT2D eigenvalue weighted by atomic mass is 16.1. The van der Waals surface area contributed by atoms with E-state index in [0.717, 1.165) is 17.1 Å². The summed E-state index contributed by atoms with van der Waals surface area (Å²) in [6.07, 6.45) is 2.42. The first-order chi connectivity index (χ1) is 9.85. The fourth-order valence-electron chi connectivity index (χ4n) is 2.34. The fourth-order valence-corrected chi connectivity index (χ4v) is 2.34. The van der Waals surface area contributed by atoms with Gasteiger partial charge in [-0.15, -0.1) is 0 Å². The second-order valence-electron chi connectivity index (χ2n) is 4.38. The molecule has 0 amide bonds. The Kier molecular flexibility index (Phi) is 2.98. The largest absolute Gasteiger partial charge is 0.298 e. The van der Waals surface area contributed by atoms with Crippen molar-refractivity contribution in [1.82, 2.24) is 4.98 Å². The van der Waals surface area contributed by atoms with Crippen LogP contribution in [0.5, 0.6) is 0 Å². The van der Waals surface area contributed by atoms with Gasteiger partial charge in [-0.3, -0.25) is 9.78 Å². The maximum atomic E-state index is 11.4. The predicted octanol–water partition coefficient (Wildman–Crippen LogP) is 3.59. The zero-order valence-electron chi connectivity index (χ0n) is 10.6. The number of hydrogen-bond acceptors (Lipinski definition) is 3. The number of nitrogens with zero attached hydrogens (tertiary/aromatic N) is 2. The monoisotopic (exact) mass is 258 g/mol. The topological polar surface area (TPSA) is 53.8 Å². The minimum atomic E-state index is 0.373. The molecular weight excluding hydrogens is 248 g/mol. The van der Waals surface area contributed by atoms with Gasteiger partial charge in [0.2, 0.25) is 0 Å². The number of pyridine rings is 1. The van der Waals surface area contributed by atoms with Gasteiger partial charge in [0.15, 0.2) is 6.29 Å². The summed E-state index contributed by atoms with van der Waals surface area (Å²) in [7, 11) is 0. The van der Waals surface area contributed by atoms with Gasteiger partial charge in [0, 0.05) is 17.3 Å². The van der Waals surface area contributed by atoms with Crippen molar-refractivity contribution >= 4 is 17.1 Å². The molecule has 0 saturated carbocycles. The molecule has 3 rings (SSSR count). The third kappa shape index (κ3) is 1.84. The third-order valence-electron chi connectivity index (χ3n) is 3.26. The molecule has 94 valence electrons. The molecule has 20 heavy (non-hydrogen) atoms. The lowest BCUT2D eigenvalue weighted by Crippen LogP contribution is -1.95. The van der Waals surface area contributed by atoms with Crippen LogP contribution in [0.3, 0.4) is 0 Å². The first-order valence-corrected chi connectivity index (χ1v) is 6.17. The Balaban J connectivity index is 2.44. The van der Waals surface area contributed by atoms with E-state index in [-0.39, 0.29) is 0 Å². The average molecular weight is 258 g/mol. The highest BCUT2D eigenvalue weighted by Gasteiger charge is 2.14. The molecule has 0 spiro atoms. The summed E-state index contributed by atoms with van der Waals surface area (Å²) >= 11 is 0. The molecule has 0 aliphatic carbocycles. The Morgan fingerprint density at radius 1 is 1.10 bits per heavy atom. The van der Waals surface area contributed by atoms with Crippen LogP contribution in [0, 0.1) is 11.3 Å². The summed E-state index contributed by atoms with van der Waals surface area (Å²) in [5, 5.41) is 11.1. The molecule has 0 unspecified atom stereocenters. The van der Waals surface area contributed by atoms with Crippen LogP contribution in [0.25, 0.3) is 22.0 Å². The lowest BCUT2D eigenvalue weighted by molar-refractivity contribution is 0.112. The van der Waals surface area contributed by atoms with Crippen LogP contribution < -0.4 is 0 Å². The van der Waals surface area contributed by atoms with E-state index in [0.29, 0.717) is 22.4 Å². The van der Waals surface area contributed by atoms with Gasteiger partial charge < -0.3 is 0 Å². The van der Waals surface area contributed by atoms with Gasteiger partial charge in [-0.1, -0.05) is 30.3 Å². The number of aromatic nitrogens is 1. The Bertz CT molecular complexity index is 833. The third-order valence-corrected chi connectivity index (χ3v) is 3.26. The summed E-state index contributed by atoms with van der Waals surface area (Å²) in [6.45, 7) is 0. The highest BCUT2D eigenvalue weighted by molar-refractivity contribution is 6.04. The van der Waals surface area contributed by atoms with Crippen LogP contribution in [-0.4, -0.2) is 11.3 Å². The molecule has 0 bridgehead atoms. The molecule has 0 fully saturated rings. The number of benzene rings is 2. The van der Waals surface area contributed by atoms with E-state index in [9.17, 15) is 10.1 Å². The van der Waals surface area contributed by atoms with E-state index in [1.807, 2.05) is 48.5 Å². The smallest absolute Gasteiger partial charge is 0.152 e. The van der Waals surface area contributed by atoms with Crippen LogP contribution in [0.4, 0.5) is 0 Å². The number of carbonyl (C=O) groups excluding carboxylic acids is 1. The molecule has 0 aliphatic rings. The molecule has 1 heterocycles. The maximum absolute atomic E-state index is 11.4. The average Bonchev–Trinajstić information content (AvgIpc) is 2.53. The van der Waals surface area contributed by atoms with Crippen LogP contribution in [-0.2, 0) is 0 Å². The van der Waals surface area contributed by atoms with Gasteiger partial charge in [0.25, 0.3) is 0 Å². The van der Waals surface area contributed by atoms with Gasteiger partial charge in [0.1, 0.15) is 6.07 Å². The van der Waals surface area contributed by atoms with Gasteiger partial charge in [-0.25, -0.2) is 0 Å². The molecule has 0 N–H and O–H groups in total. The molecule has 0 radical (unpaired) electrons. The van der Waals surface area contributed by atoms with Crippen molar-refractivity contribution < 1.29 is 4.79 Å². The second kappa shape index (κ2) is 4.94. The normalized spacial score (nSPS) is 10.2. The lowest BCUT2D eigenvalue weighted by atomic mass is 9.93. The van der Waals surface area contributed by atoms with Gasteiger partial charge in [-0.2, -0.15) is 5.26 Å². The molecule has 0 aliphatic heterocycles. The second-order valence-corrected chi connectivity index (χ2v) is 4.38. The summed E-state index contributed by atoms with van der Waals surface area (Å²) in [6, 6.07) is 17.1. The predicted molar refractivity (Wildman–Crippen MR) is 77.3 cm³/mol. The minimum Gasteiger partial charge on any atom is -0.298 e. The zero-order valence-corrected chi connectivity index (χ0v) is 10.6. The Labute approximate surface area is 116 Å². The van der Waals surface area contributed by atoms with E-state index >= 15 is 0 Å². The Hall–Kier alpha value is -2.99. The molecule has 3 heteroatoms. The number of rotatable bonds is 2. The first-order valence-electron chi connectivity index (χ1n) is 6.17. The van der Waals surface area contributed by atoms with E-state index in [2.05, 4.69) is 11.1 Å². The van der Waals surface area contributed by atoms with Crippen molar-refractivity contribution in [2.75, 3.05) is 0 Å². The lowest BCUT2D eigenvalue weighted by Gasteiger charge is -2.09. The van der Waals surface area contributed by atoms with Crippen molar-refractivity contribution in [3.05, 3.63) is 65.9 Å². The Morgan fingerprint density at radius 2 is 1.90 bits per heavy atom. The van der Waals surface area contributed by atoms with Crippen molar-refractivity contribution in [3.63, 3.8) is 0 Å². The number of hydrogen-bond donors (Lipinski definition) is 0. The number of aldehydes is 1. The standard InChI is InChI=1S/C17H10N2O/c18-10-15-14(17-7-3-4-8-19-17)9-12-5-1-2-6-13(12)16(15)11-20/h1-9,11H. The molecular formula is C17H10N2O. The van der Waals surface area contributed by atoms with E-state index in [1.165, 1.54) is 0 Å². The summed E-state index contributed by atoms with van der Waals surface area (Å²) in [5.74, 6) is 0. The van der Waals surface area contributed by atoms with Gasteiger partial charge >= 0.3 is 0 Å². The van der Waals surface area contributed by atoms with Crippen molar-refractivity contribution in [1.29, 1.82) is 5.26 Å². The van der Waals surface area contributed by atoms with Crippen molar-refractivity contribution in [3.8, 4) is 17.3 Å². The van der Waals surface area contributed by atoms with Crippen LogP contribution in [0.1, 0.15) is 15.9 Å². The molecule has 0 saturated heterocycles. The SMILES string of the molecule is N#Cc1c(-c2ccccn2)cc2ccccc2c1C=O. The van der Waals surface area contributed by atoms with Crippen LogP contribution in [0.15, 0.2) is 54.7 Å². The Morgan fingerprint density at radius 3 is 2.60 bits per heavy atom. The highest BCUT2D eigenvalue weighted by Crippen LogP contribution is 2.30.